The number of rotatable bonds is 7. The molecule has 0 amide bonds. The van der Waals surface area contributed by atoms with Crippen LogP contribution >= 0.6 is 11.8 Å². The highest BCUT2D eigenvalue weighted by Crippen LogP contribution is 2.36. The molecule has 0 N–H and O–H groups in total. The molecular formula is C19H20N4OS. The molecule has 3 aromatic rings. The van der Waals surface area contributed by atoms with Crippen molar-refractivity contribution in [3.63, 3.8) is 0 Å². The Morgan fingerprint density at radius 2 is 1.96 bits per heavy atom. The molecule has 0 bridgehead atoms. The van der Waals surface area contributed by atoms with E-state index in [0.717, 1.165) is 46.2 Å². The number of para-hydroxylation sites is 1. The summed E-state index contributed by atoms with van der Waals surface area (Å²) in [7, 11) is 1.69. The fourth-order valence-corrected chi connectivity index (χ4v) is 3.63. The van der Waals surface area contributed by atoms with Gasteiger partial charge in [0.25, 0.3) is 0 Å². The number of pyridine rings is 1. The summed E-state index contributed by atoms with van der Waals surface area (Å²) in [6.07, 6.45) is 4.40. The van der Waals surface area contributed by atoms with Gasteiger partial charge in [-0.15, -0.1) is 10.2 Å². The smallest absolute Gasteiger partial charge is 0.191 e. The lowest BCUT2D eigenvalue weighted by Crippen LogP contribution is -2.05. The Balaban J connectivity index is 1.64. The zero-order chi connectivity index (χ0) is 17.1. The van der Waals surface area contributed by atoms with Crippen molar-refractivity contribution in [2.24, 2.45) is 5.92 Å². The number of thioether (sulfide) groups is 1. The van der Waals surface area contributed by atoms with Crippen LogP contribution in [-0.2, 0) is 12.3 Å². The second-order valence-corrected chi connectivity index (χ2v) is 7.11. The Hall–Kier alpha value is -2.34. The molecule has 1 aromatic carbocycles. The first-order chi connectivity index (χ1) is 12.3. The first-order valence-corrected chi connectivity index (χ1v) is 9.43. The summed E-state index contributed by atoms with van der Waals surface area (Å²) in [5, 5.41) is 9.88. The molecule has 0 saturated heterocycles. The van der Waals surface area contributed by atoms with Gasteiger partial charge in [0, 0.05) is 18.5 Å². The number of nitrogens with zero attached hydrogens (tertiary/aromatic N) is 4. The van der Waals surface area contributed by atoms with Gasteiger partial charge in [-0.2, -0.15) is 0 Å². The molecule has 1 fully saturated rings. The van der Waals surface area contributed by atoms with Crippen molar-refractivity contribution in [2.45, 2.75) is 30.3 Å². The van der Waals surface area contributed by atoms with E-state index >= 15 is 0 Å². The number of aromatic nitrogens is 4. The topological polar surface area (TPSA) is 52.8 Å². The van der Waals surface area contributed by atoms with Crippen LogP contribution in [0.3, 0.4) is 0 Å². The van der Waals surface area contributed by atoms with Gasteiger partial charge in [0.05, 0.1) is 18.4 Å². The van der Waals surface area contributed by atoms with Crippen molar-refractivity contribution >= 4 is 11.8 Å². The summed E-state index contributed by atoms with van der Waals surface area (Å²) in [5.41, 5.74) is 2.04. The van der Waals surface area contributed by atoms with Crippen molar-refractivity contribution < 1.29 is 4.74 Å². The predicted octanol–water partition coefficient (Wildman–Crippen LogP) is 4.05. The van der Waals surface area contributed by atoms with Gasteiger partial charge in [0.1, 0.15) is 5.75 Å². The highest BCUT2D eigenvalue weighted by atomic mass is 32.2. The molecule has 25 heavy (non-hydrogen) atoms. The van der Waals surface area contributed by atoms with E-state index in [9.17, 15) is 0 Å². The summed E-state index contributed by atoms with van der Waals surface area (Å²) in [4.78, 5) is 4.39. The molecular weight excluding hydrogens is 332 g/mol. The van der Waals surface area contributed by atoms with E-state index in [1.165, 1.54) is 12.8 Å². The van der Waals surface area contributed by atoms with Crippen LogP contribution in [0.4, 0.5) is 0 Å². The zero-order valence-electron chi connectivity index (χ0n) is 14.1. The highest BCUT2D eigenvalue weighted by Gasteiger charge is 2.26. The lowest BCUT2D eigenvalue weighted by molar-refractivity contribution is 0.415. The third kappa shape index (κ3) is 3.69. The minimum absolute atomic E-state index is 0.735. The SMILES string of the molecule is COc1ccccc1-c1nnc(SCc2ccccn2)n1CC1CC1. The standard InChI is InChI=1S/C19H20N4OS/c1-24-17-8-3-2-7-16(17)18-21-22-19(23(18)12-14-9-10-14)25-13-15-6-4-5-11-20-15/h2-8,11,14H,9-10,12-13H2,1H3. The number of ether oxygens (including phenoxy) is 1. The Labute approximate surface area is 151 Å². The molecule has 2 heterocycles. The average Bonchev–Trinajstić information content (AvgIpc) is 3.40. The summed E-state index contributed by atoms with van der Waals surface area (Å²) < 4.78 is 7.76. The number of methoxy groups -OCH3 is 1. The van der Waals surface area contributed by atoms with Crippen molar-refractivity contribution in [3.8, 4) is 17.1 Å². The third-order valence-corrected chi connectivity index (χ3v) is 5.28. The van der Waals surface area contributed by atoms with Crippen LogP contribution < -0.4 is 4.74 Å². The van der Waals surface area contributed by atoms with Crippen LogP contribution in [0, 0.1) is 5.92 Å². The Kier molecular flexibility index (Phi) is 4.70. The van der Waals surface area contributed by atoms with Crippen LogP contribution in [0.5, 0.6) is 5.75 Å². The molecule has 0 radical (unpaired) electrons. The minimum atomic E-state index is 0.735. The van der Waals surface area contributed by atoms with Crippen molar-refractivity contribution in [1.29, 1.82) is 0 Å². The zero-order valence-corrected chi connectivity index (χ0v) is 14.9. The normalized spacial score (nSPS) is 13.8. The lowest BCUT2D eigenvalue weighted by Gasteiger charge is -2.11. The van der Waals surface area contributed by atoms with Crippen LogP contribution in [0.25, 0.3) is 11.4 Å². The monoisotopic (exact) mass is 352 g/mol. The minimum Gasteiger partial charge on any atom is -0.496 e. The largest absolute Gasteiger partial charge is 0.496 e. The fourth-order valence-electron chi connectivity index (χ4n) is 2.77. The van der Waals surface area contributed by atoms with Crippen LogP contribution in [0.2, 0.25) is 0 Å². The molecule has 4 rings (SSSR count). The highest BCUT2D eigenvalue weighted by molar-refractivity contribution is 7.98. The summed E-state index contributed by atoms with van der Waals surface area (Å²) in [6.45, 7) is 0.963. The van der Waals surface area contributed by atoms with E-state index in [0.29, 0.717) is 0 Å². The summed E-state index contributed by atoms with van der Waals surface area (Å²) in [6, 6.07) is 14.0. The van der Waals surface area contributed by atoms with Crippen LogP contribution in [0.15, 0.2) is 53.8 Å². The van der Waals surface area contributed by atoms with E-state index in [2.05, 4.69) is 19.7 Å². The van der Waals surface area contributed by atoms with Crippen LogP contribution in [0.1, 0.15) is 18.5 Å². The predicted molar refractivity (Wildman–Crippen MR) is 98.5 cm³/mol. The quantitative estimate of drug-likeness (QED) is 0.601. The molecule has 0 aliphatic heterocycles. The molecule has 1 saturated carbocycles. The summed E-state index contributed by atoms with van der Waals surface area (Å²) >= 11 is 1.68. The van der Waals surface area contributed by atoms with Gasteiger partial charge >= 0.3 is 0 Å². The maximum Gasteiger partial charge on any atom is 0.191 e. The van der Waals surface area contributed by atoms with Crippen molar-refractivity contribution in [1.82, 2.24) is 19.7 Å². The second-order valence-electron chi connectivity index (χ2n) is 6.17. The molecule has 1 aliphatic rings. The molecule has 0 spiro atoms. The number of hydrogen-bond donors (Lipinski definition) is 0. The fraction of sp³-hybridized carbons (Fsp3) is 0.316. The van der Waals surface area contributed by atoms with E-state index in [1.54, 1.807) is 18.9 Å². The number of benzene rings is 1. The summed E-state index contributed by atoms with van der Waals surface area (Å²) in [5.74, 6) is 3.23. The third-order valence-electron chi connectivity index (χ3n) is 4.28. The lowest BCUT2D eigenvalue weighted by atomic mass is 10.2. The van der Waals surface area contributed by atoms with Gasteiger partial charge in [-0.25, -0.2) is 0 Å². The molecule has 1 aliphatic carbocycles. The van der Waals surface area contributed by atoms with Gasteiger partial charge in [0.2, 0.25) is 0 Å². The Morgan fingerprint density at radius 1 is 1.12 bits per heavy atom. The molecule has 6 heteroatoms. The van der Waals surface area contributed by atoms with Gasteiger partial charge in [-0.05, 0) is 43.0 Å². The number of hydrogen-bond acceptors (Lipinski definition) is 5. The molecule has 128 valence electrons. The average molecular weight is 352 g/mol. The van der Waals surface area contributed by atoms with Gasteiger partial charge in [-0.1, -0.05) is 30.0 Å². The Bertz CT molecular complexity index is 846. The Morgan fingerprint density at radius 3 is 2.72 bits per heavy atom. The van der Waals surface area contributed by atoms with Crippen LogP contribution in [-0.4, -0.2) is 26.9 Å². The van der Waals surface area contributed by atoms with Crippen molar-refractivity contribution in [2.75, 3.05) is 7.11 Å². The first-order valence-electron chi connectivity index (χ1n) is 8.44. The maximum atomic E-state index is 5.52. The van der Waals surface area contributed by atoms with Gasteiger partial charge < -0.3 is 9.30 Å². The first kappa shape index (κ1) is 16.1. The van der Waals surface area contributed by atoms with E-state index in [1.807, 2.05) is 48.7 Å². The van der Waals surface area contributed by atoms with Gasteiger partial charge in [0.15, 0.2) is 11.0 Å². The molecule has 0 atom stereocenters. The van der Waals surface area contributed by atoms with E-state index in [4.69, 9.17) is 4.74 Å². The second kappa shape index (κ2) is 7.27. The molecule has 0 unspecified atom stereocenters. The van der Waals surface area contributed by atoms with E-state index in [-0.39, 0.29) is 0 Å². The molecule has 5 nitrogen and oxygen atoms in total. The van der Waals surface area contributed by atoms with Crippen molar-refractivity contribution in [3.05, 3.63) is 54.4 Å². The van der Waals surface area contributed by atoms with E-state index < -0.39 is 0 Å². The maximum absolute atomic E-state index is 5.52. The molecule has 2 aromatic heterocycles. The van der Waals surface area contributed by atoms with Gasteiger partial charge in [-0.3, -0.25) is 4.98 Å².